The van der Waals surface area contributed by atoms with Gasteiger partial charge >= 0.3 is 5.97 Å². The molecule has 4 heteroatoms. The number of amides is 1. The van der Waals surface area contributed by atoms with Gasteiger partial charge in [-0.05, 0) is 29.2 Å². The number of ether oxygens (including phenoxy) is 1. The smallest absolute Gasteiger partial charge is 0.332 e. The van der Waals surface area contributed by atoms with Crippen molar-refractivity contribution in [3.05, 3.63) is 71.3 Å². The second-order valence-electron chi connectivity index (χ2n) is 6.14. The molecule has 0 radical (unpaired) electrons. The Hall–Kier alpha value is -2.88. The lowest BCUT2D eigenvalue weighted by atomic mass is 9.83. The minimum atomic E-state index is -1.26. The van der Waals surface area contributed by atoms with Crippen molar-refractivity contribution < 1.29 is 14.3 Å². The molecule has 2 aliphatic rings. The van der Waals surface area contributed by atoms with Gasteiger partial charge in [-0.15, -0.1) is 0 Å². The summed E-state index contributed by atoms with van der Waals surface area (Å²) in [4.78, 5) is 24.8. The molecule has 0 bridgehead atoms. The van der Waals surface area contributed by atoms with Crippen molar-refractivity contribution in [3.63, 3.8) is 0 Å². The molecule has 0 aliphatic carbocycles. The maximum atomic E-state index is 12.6. The van der Waals surface area contributed by atoms with E-state index in [-0.39, 0.29) is 5.91 Å². The highest BCUT2D eigenvalue weighted by molar-refractivity contribution is 6.09. The van der Waals surface area contributed by atoms with Crippen LogP contribution in [0.25, 0.3) is 5.57 Å². The fourth-order valence-corrected chi connectivity index (χ4v) is 3.41. The second kappa shape index (κ2) is 5.34. The zero-order valence-electron chi connectivity index (χ0n) is 13.3. The highest BCUT2D eigenvalue weighted by Gasteiger charge is 2.52. The number of benzene rings is 2. The third-order valence-electron chi connectivity index (χ3n) is 4.72. The molecule has 2 aromatic rings. The molecular formula is C20H17NO3. The molecular weight excluding hydrogens is 302 g/mol. The number of fused-ring (bicyclic) bond motifs is 2. The Kier molecular flexibility index (Phi) is 3.27. The number of anilines is 1. The fourth-order valence-electron chi connectivity index (χ4n) is 3.41. The van der Waals surface area contributed by atoms with Crippen molar-refractivity contribution in [1.82, 2.24) is 0 Å². The number of hydrogen-bond acceptors (Lipinski definition) is 3. The molecule has 1 amide bonds. The van der Waals surface area contributed by atoms with Crippen LogP contribution < -0.4 is 5.32 Å². The molecule has 4 nitrogen and oxygen atoms in total. The molecule has 0 fully saturated rings. The van der Waals surface area contributed by atoms with Gasteiger partial charge in [-0.25, -0.2) is 4.79 Å². The number of aryl methyl sites for hydroxylation is 1. The van der Waals surface area contributed by atoms with Crippen molar-refractivity contribution in [2.24, 2.45) is 0 Å². The Labute approximate surface area is 140 Å². The maximum absolute atomic E-state index is 12.6. The average molecular weight is 319 g/mol. The molecule has 120 valence electrons. The minimum absolute atomic E-state index is 0.284. The van der Waals surface area contributed by atoms with Crippen LogP contribution in [0.2, 0.25) is 0 Å². The van der Waals surface area contributed by atoms with E-state index in [0.717, 1.165) is 23.1 Å². The second-order valence-corrected chi connectivity index (χ2v) is 6.14. The first-order chi connectivity index (χ1) is 11.6. The molecule has 2 aliphatic heterocycles. The summed E-state index contributed by atoms with van der Waals surface area (Å²) in [6.07, 6.45) is 2.79. The molecule has 2 aromatic carbocycles. The highest BCUT2D eigenvalue weighted by Crippen LogP contribution is 2.46. The van der Waals surface area contributed by atoms with E-state index in [1.165, 1.54) is 11.6 Å². The number of para-hydroxylation sites is 1. The standard InChI is InChI=1S/C20H17NO3/c1-2-13-7-9-14(10-8-13)15-11-18(22)24-20(12-15)16-5-3-4-6-17(16)21-19(20)23/h3-11H,2,12H2,1H3,(H,21,23). The van der Waals surface area contributed by atoms with Gasteiger partial charge < -0.3 is 10.1 Å². The highest BCUT2D eigenvalue weighted by atomic mass is 16.6. The zero-order chi connectivity index (χ0) is 16.7. The van der Waals surface area contributed by atoms with E-state index in [1.54, 1.807) is 0 Å². The van der Waals surface area contributed by atoms with Crippen LogP contribution in [-0.2, 0) is 26.3 Å². The predicted molar refractivity (Wildman–Crippen MR) is 91.3 cm³/mol. The summed E-state index contributed by atoms with van der Waals surface area (Å²) in [5.41, 5.74) is 3.16. The average Bonchev–Trinajstić information content (AvgIpc) is 2.86. The first-order valence-corrected chi connectivity index (χ1v) is 8.06. The minimum Gasteiger partial charge on any atom is -0.440 e. The third kappa shape index (κ3) is 2.14. The number of hydrogen-bond donors (Lipinski definition) is 1. The van der Waals surface area contributed by atoms with Gasteiger partial charge in [-0.1, -0.05) is 49.4 Å². The van der Waals surface area contributed by atoms with Gasteiger partial charge in [0.25, 0.3) is 5.91 Å². The Morgan fingerprint density at radius 1 is 1.08 bits per heavy atom. The summed E-state index contributed by atoms with van der Waals surface area (Å²) in [5, 5.41) is 2.83. The third-order valence-corrected chi connectivity index (χ3v) is 4.72. The van der Waals surface area contributed by atoms with Gasteiger partial charge in [-0.2, -0.15) is 0 Å². The molecule has 0 saturated heterocycles. The Balaban J connectivity index is 1.77. The monoisotopic (exact) mass is 319 g/mol. The molecule has 1 N–H and O–H groups in total. The van der Waals surface area contributed by atoms with E-state index >= 15 is 0 Å². The van der Waals surface area contributed by atoms with Crippen molar-refractivity contribution in [2.45, 2.75) is 25.4 Å². The number of nitrogens with one attached hydrogen (secondary N) is 1. The first kappa shape index (κ1) is 14.7. The van der Waals surface area contributed by atoms with Gasteiger partial charge in [0.1, 0.15) is 0 Å². The van der Waals surface area contributed by atoms with Crippen LogP contribution in [0.4, 0.5) is 5.69 Å². The molecule has 4 rings (SSSR count). The lowest BCUT2D eigenvalue weighted by molar-refractivity contribution is -0.163. The predicted octanol–water partition coefficient (Wildman–Crippen LogP) is 3.43. The molecule has 1 atom stereocenters. The fraction of sp³-hybridized carbons (Fsp3) is 0.200. The Morgan fingerprint density at radius 2 is 1.83 bits per heavy atom. The normalized spacial score (nSPS) is 22.0. The summed E-state index contributed by atoms with van der Waals surface area (Å²) >= 11 is 0. The van der Waals surface area contributed by atoms with E-state index in [9.17, 15) is 9.59 Å². The van der Waals surface area contributed by atoms with E-state index in [0.29, 0.717) is 12.1 Å². The summed E-state index contributed by atoms with van der Waals surface area (Å²) in [6.45, 7) is 2.10. The van der Waals surface area contributed by atoms with E-state index in [1.807, 2.05) is 48.5 Å². The number of rotatable bonds is 2. The van der Waals surface area contributed by atoms with Crippen LogP contribution >= 0.6 is 0 Å². The molecule has 1 unspecified atom stereocenters. The first-order valence-electron chi connectivity index (χ1n) is 8.06. The maximum Gasteiger partial charge on any atom is 0.332 e. The van der Waals surface area contributed by atoms with Gasteiger partial charge in [0.15, 0.2) is 0 Å². The summed E-state index contributed by atoms with van der Waals surface area (Å²) < 4.78 is 5.54. The molecule has 2 heterocycles. The van der Waals surface area contributed by atoms with Crippen LogP contribution in [0, 0.1) is 0 Å². The van der Waals surface area contributed by atoms with Crippen molar-refractivity contribution >= 4 is 23.1 Å². The summed E-state index contributed by atoms with van der Waals surface area (Å²) in [6, 6.07) is 15.4. The number of carbonyl (C=O) groups is 2. The lowest BCUT2D eigenvalue weighted by Crippen LogP contribution is -2.41. The Bertz CT molecular complexity index is 867. The van der Waals surface area contributed by atoms with Gasteiger partial charge in [-0.3, -0.25) is 4.79 Å². The van der Waals surface area contributed by atoms with Crippen molar-refractivity contribution in [1.29, 1.82) is 0 Å². The zero-order valence-corrected chi connectivity index (χ0v) is 13.3. The van der Waals surface area contributed by atoms with Crippen LogP contribution in [0.5, 0.6) is 0 Å². The summed E-state index contributed by atoms with van der Waals surface area (Å²) in [5.74, 6) is -0.768. The topological polar surface area (TPSA) is 55.4 Å². The van der Waals surface area contributed by atoms with E-state index in [4.69, 9.17) is 4.74 Å². The van der Waals surface area contributed by atoms with Crippen LogP contribution in [0.15, 0.2) is 54.6 Å². The lowest BCUT2D eigenvalue weighted by Gasteiger charge is -2.31. The SMILES string of the molecule is CCc1ccc(C2=CC(=O)OC3(C2)C(=O)Nc2ccccc23)cc1. The van der Waals surface area contributed by atoms with Crippen LogP contribution in [-0.4, -0.2) is 11.9 Å². The van der Waals surface area contributed by atoms with Crippen LogP contribution in [0.1, 0.15) is 30.0 Å². The Morgan fingerprint density at radius 3 is 2.58 bits per heavy atom. The summed E-state index contributed by atoms with van der Waals surface area (Å²) in [7, 11) is 0. The van der Waals surface area contributed by atoms with Crippen molar-refractivity contribution in [3.8, 4) is 0 Å². The molecule has 24 heavy (non-hydrogen) atoms. The van der Waals surface area contributed by atoms with Gasteiger partial charge in [0.2, 0.25) is 5.60 Å². The van der Waals surface area contributed by atoms with Gasteiger partial charge in [0.05, 0.1) is 0 Å². The van der Waals surface area contributed by atoms with Crippen LogP contribution in [0.3, 0.4) is 0 Å². The molecule has 0 saturated carbocycles. The largest absolute Gasteiger partial charge is 0.440 e. The number of esters is 1. The van der Waals surface area contributed by atoms with Crippen molar-refractivity contribution in [2.75, 3.05) is 5.32 Å². The molecule has 0 aromatic heterocycles. The quantitative estimate of drug-likeness (QED) is 0.863. The number of carbonyl (C=O) groups excluding carboxylic acids is 2. The van der Waals surface area contributed by atoms with Gasteiger partial charge in [0, 0.05) is 23.7 Å². The van der Waals surface area contributed by atoms with E-state index < -0.39 is 11.6 Å². The molecule has 1 spiro atoms. The van der Waals surface area contributed by atoms with E-state index in [2.05, 4.69) is 12.2 Å².